The Morgan fingerprint density at radius 3 is 2.36 bits per heavy atom. The fourth-order valence-electron chi connectivity index (χ4n) is 0.836. The van der Waals surface area contributed by atoms with E-state index in [-0.39, 0.29) is 5.75 Å². The summed E-state index contributed by atoms with van der Waals surface area (Å²) in [4.78, 5) is 0.755. The minimum absolute atomic E-state index is 0.237. The van der Waals surface area contributed by atoms with Gasteiger partial charge in [0.1, 0.15) is 0 Å². The van der Waals surface area contributed by atoms with Gasteiger partial charge < -0.3 is 0 Å². The minimum Gasteiger partial charge on any atom is -0.206 e. The zero-order valence-corrected chi connectivity index (χ0v) is 8.44. The lowest BCUT2D eigenvalue weighted by atomic mass is 10.2. The van der Waals surface area contributed by atoms with Crippen molar-refractivity contribution in [3.05, 3.63) is 29.8 Å². The van der Waals surface area contributed by atoms with E-state index in [4.69, 9.17) is 5.26 Å². The largest absolute Gasteiger partial charge is 0.254 e. The van der Waals surface area contributed by atoms with Crippen LogP contribution in [0, 0.1) is 11.3 Å². The molecular formula is C10H9F2NS. The number of halogens is 2. The highest BCUT2D eigenvalue weighted by molar-refractivity contribution is 7.99. The first kappa shape index (κ1) is 11.0. The molecule has 0 aliphatic heterocycles. The Labute approximate surface area is 85.7 Å². The third-order valence-corrected chi connectivity index (χ3v) is 2.73. The van der Waals surface area contributed by atoms with Crippen molar-refractivity contribution in [2.45, 2.75) is 17.7 Å². The van der Waals surface area contributed by atoms with E-state index in [1.807, 2.05) is 6.07 Å². The first-order valence-corrected chi connectivity index (χ1v) is 5.00. The highest BCUT2D eigenvalue weighted by Crippen LogP contribution is 2.25. The molecular weight excluding hydrogens is 204 g/mol. The molecule has 0 aliphatic rings. The Morgan fingerprint density at radius 1 is 1.36 bits per heavy atom. The van der Waals surface area contributed by atoms with Crippen molar-refractivity contribution >= 4 is 11.8 Å². The van der Waals surface area contributed by atoms with Crippen molar-refractivity contribution in [2.75, 3.05) is 5.75 Å². The summed E-state index contributed by atoms with van der Waals surface area (Å²) in [5, 5.41) is 8.51. The summed E-state index contributed by atoms with van der Waals surface area (Å²) < 4.78 is 25.0. The van der Waals surface area contributed by atoms with Crippen LogP contribution in [-0.2, 0) is 0 Å². The molecule has 0 atom stereocenters. The number of thioether (sulfide) groups is 1. The van der Waals surface area contributed by atoms with Gasteiger partial charge in [-0.3, -0.25) is 0 Å². The van der Waals surface area contributed by atoms with Crippen molar-refractivity contribution in [3.63, 3.8) is 0 Å². The van der Waals surface area contributed by atoms with Crippen LogP contribution in [0.15, 0.2) is 29.2 Å². The minimum atomic E-state index is -2.65. The highest BCUT2D eigenvalue weighted by atomic mass is 32.2. The Bertz CT molecular complexity index is 335. The van der Waals surface area contributed by atoms with E-state index in [0.29, 0.717) is 5.56 Å². The van der Waals surface area contributed by atoms with Gasteiger partial charge in [0.2, 0.25) is 0 Å². The van der Waals surface area contributed by atoms with E-state index < -0.39 is 5.92 Å². The Kier molecular flexibility index (Phi) is 3.48. The van der Waals surface area contributed by atoms with E-state index in [1.54, 1.807) is 24.3 Å². The van der Waals surface area contributed by atoms with Gasteiger partial charge in [0.15, 0.2) is 0 Å². The standard InChI is InChI=1S/C10H9F2NS/c1-10(11,12)7-14-9-4-2-8(6-13)3-5-9/h2-5H,7H2,1H3. The number of nitriles is 1. The highest BCUT2D eigenvalue weighted by Gasteiger charge is 2.20. The van der Waals surface area contributed by atoms with Crippen LogP contribution in [0.2, 0.25) is 0 Å². The average Bonchev–Trinajstić information content (AvgIpc) is 2.14. The monoisotopic (exact) mass is 213 g/mol. The van der Waals surface area contributed by atoms with Gasteiger partial charge in [-0.2, -0.15) is 5.26 Å². The predicted octanol–water partition coefficient (Wildman–Crippen LogP) is 3.31. The topological polar surface area (TPSA) is 23.8 Å². The van der Waals surface area contributed by atoms with Crippen molar-refractivity contribution in [3.8, 4) is 6.07 Å². The normalized spacial score (nSPS) is 11.0. The van der Waals surface area contributed by atoms with Gasteiger partial charge in [-0.05, 0) is 24.3 Å². The third-order valence-electron chi connectivity index (χ3n) is 1.48. The maximum atomic E-state index is 12.5. The van der Waals surface area contributed by atoms with Crippen LogP contribution in [0.3, 0.4) is 0 Å². The fraction of sp³-hybridized carbons (Fsp3) is 0.300. The molecule has 0 aliphatic carbocycles. The van der Waals surface area contributed by atoms with Crippen LogP contribution in [0.1, 0.15) is 12.5 Å². The third kappa shape index (κ3) is 3.75. The molecule has 14 heavy (non-hydrogen) atoms. The van der Waals surface area contributed by atoms with Crippen LogP contribution < -0.4 is 0 Å². The first-order valence-electron chi connectivity index (χ1n) is 4.02. The quantitative estimate of drug-likeness (QED) is 0.719. The van der Waals surface area contributed by atoms with Gasteiger partial charge in [0.25, 0.3) is 5.92 Å². The summed E-state index contributed by atoms with van der Waals surface area (Å²) in [7, 11) is 0. The summed E-state index contributed by atoms with van der Waals surface area (Å²) >= 11 is 1.09. The molecule has 0 saturated heterocycles. The molecule has 0 heterocycles. The second kappa shape index (κ2) is 4.43. The Morgan fingerprint density at radius 2 is 1.93 bits per heavy atom. The zero-order valence-electron chi connectivity index (χ0n) is 7.63. The summed E-state index contributed by atoms with van der Waals surface area (Å²) in [5.41, 5.74) is 0.539. The molecule has 0 aromatic heterocycles. The zero-order chi connectivity index (χ0) is 10.6. The molecule has 1 aromatic rings. The summed E-state index contributed by atoms with van der Waals surface area (Å²) in [6.07, 6.45) is 0. The van der Waals surface area contributed by atoms with E-state index in [9.17, 15) is 8.78 Å². The molecule has 0 amide bonds. The van der Waals surface area contributed by atoms with Gasteiger partial charge in [-0.25, -0.2) is 8.78 Å². The lowest BCUT2D eigenvalue weighted by molar-refractivity contribution is 0.0492. The second-order valence-corrected chi connectivity index (χ2v) is 4.04. The fourth-order valence-corrected chi connectivity index (χ4v) is 1.58. The maximum Gasteiger partial charge on any atom is 0.254 e. The lowest BCUT2D eigenvalue weighted by Crippen LogP contribution is -2.12. The van der Waals surface area contributed by atoms with E-state index in [0.717, 1.165) is 23.6 Å². The molecule has 4 heteroatoms. The van der Waals surface area contributed by atoms with Crippen LogP contribution in [0.5, 0.6) is 0 Å². The van der Waals surface area contributed by atoms with Gasteiger partial charge in [0, 0.05) is 11.8 Å². The molecule has 0 spiro atoms. The summed E-state index contributed by atoms with van der Waals surface area (Å²) in [5.74, 6) is -2.89. The molecule has 0 radical (unpaired) electrons. The molecule has 0 fully saturated rings. The number of nitrogens with zero attached hydrogens (tertiary/aromatic N) is 1. The molecule has 74 valence electrons. The van der Waals surface area contributed by atoms with Crippen LogP contribution >= 0.6 is 11.8 Å². The lowest BCUT2D eigenvalue weighted by Gasteiger charge is -2.08. The molecule has 1 aromatic carbocycles. The molecule has 1 rings (SSSR count). The van der Waals surface area contributed by atoms with Crippen molar-refractivity contribution in [2.24, 2.45) is 0 Å². The SMILES string of the molecule is CC(F)(F)CSc1ccc(C#N)cc1. The Hall–Kier alpha value is -1.08. The van der Waals surface area contributed by atoms with Crippen molar-refractivity contribution < 1.29 is 8.78 Å². The van der Waals surface area contributed by atoms with Crippen LogP contribution in [0.25, 0.3) is 0 Å². The van der Waals surface area contributed by atoms with E-state index >= 15 is 0 Å². The Balaban J connectivity index is 2.58. The van der Waals surface area contributed by atoms with Crippen molar-refractivity contribution in [1.29, 1.82) is 5.26 Å². The number of benzene rings is 1. The number of hydrogen-bond acceptors (Lipinski definition) is 2. The average molecular weight is 213 g/mol. The summed E-state index contributed by atoms with van der Waals surface area (Å²) in [6, 6.07) is 8.56. The molecule has 1 nitrogen and oxygen atoms in total. The first-order chi connectivity index (χ1) is 6.51. The maximum absolute atomic E-state index is 12.5. The second-order valence-electron chi connectivity index (χ2n) is 3.00. The summed E-state index contributed by atoms with van der Waals surface area (Å²) in [6.45, 7) is 0.893. The number of hydrogen-bond donors (Lipinski definition) is 0. The van der Waals surface area contributed by atoms with E-state index in [1.165, 1.54) is 0 Å². The van der Waals surface area contributed by atoms with Gasteiger partial charge in [-0.15, -0.1) is 11.8 Å². The molecule has 0 bridgehead atoms. The van der Waals surface area contributed by atoms with Crippen LogP contribution in [-0.4, -0.2) is 11.7 Å². The predicted molar refractivity (Wildman–Crippen MR) is 52.5 cm³/mol. The van der Waals surface area contributed by atoms with Gasteiger partial charge in [-0.1, -0.05) is 0 Å². The van der Waals surface area contributed by atoms with E-state index in [2.05, 4.69) is 0 Å². The van der Waals surface area contributed by atoms with Crippen LogP contribution in [0.4, 0.5) is 8.78 Å². The molecule has 0 N–H and O–H groups in total. The number of alkyl halides is 2. The smallest absolute Gasteiger partial charge is 0.206 e. The van der Waals surface area contributed by atoms with Crippen molar-refractivity contribution in [1.82, 2.24) is 0 Å². The van der Waals surface area contributed by atoms with Gasteiger partial charge in [0.05, 0.1) is 17.4 Å². The molecule has 0 saturated carbocycles. The molecule has 0 unspecified atom stereocenters. The van der Waals surface area contributed by atoms with Gasteiger partial charge >= 0.3 is 0 Å². The number of rotatable bonds is 3.